The summed E-state index contributed by atoms with van der Waals surface area (Å²) in [5.41, 5.74) is 4.86. The summed E-state index contributed by atoms with van der Waals surface area (Å²) in [6, 6.07) is 0.0836. The lowest BCUT2D eigenvalue weighted by molar-refractivity contribution is -0.166. The summed E-state index contributed by atoms with van der Waals surface area (Å²) in [6.45, 7) is 5.90. The van der Waals surface area contributed by atoms with Crippen LogP contribution in [0.1, 0.15) is 33.6 Å². The Kier molecular flexibility index (Phi) is 1.95. The van der Waals surface area contributed by atoms with Crippen LogP contribution in [-0.4, -0.2) is 17.1 Å². The first-order valence-corrected chi connectivity index (χ1v) is 4.28. The standard InChI is InChI=1S/C9H17NO2/c1-8(2,3)9(7(11)12)4-6(10)5-9/h6H,4-5,10H2,1-3H3,(H,11,12). The average molecular weight is 171 g/mol. The van der Waals surface area contributed by atoms with Crippen molar-refractivity contribution in [1.29, 1.82) is 0 Å². The molecule has 3 nitrogen and oxygen atoms in total. The van der Waals surface area contributed by atoms with Crippen LogP contribution in [0.4, 0.5) is 0 Å². The van der Waals surface area contributed by atoms with E-state index >= 15 is 0 Å². The second kappa shape index (κ2) is 2.46. The maximum Gasteiger partial charge on any atom is 0.310 e. The van der Waals surface area contributed by atoms with Gasteiger partial charge in [-0.1, -0.05) is 20.8 Å². The third kappa shape index (κ3) is 1.12. The highest BCUT2D eigenvalue weighted by atomic mass is 16.4. The highest BCUT2D eigenvalue weighted by molar-refractivity contribution is 5.77. The van der Waals surface area contributed by atoms with Gasteiger partial charge in [0.2, 0.25) is 0 Å². The van der Waals surface area contributed by atoms with Crippen LogP contribution >= 0.6 is 0 Å². The first kappa shape index (κ1) is 9.52. The van der Waals surface area contributed by atoms with E-state index in [4.69, 9.17) is 10.8 Å². The molecule has 3 N–H and O–H groups in total. The van der Waals surface area contributed by atoms with Crippen LogP contribution in [0.2, 0.25) is 0 Å². The van der Waals surface area contributed by atoms with Gasteiger partial charge in [-0.15, -0.1) is 0 Å². The molecular formula is C9H17NO2. The molecule has 0 aromatic rings. The highest BCUT2D eigenvalue weighted by Crippen LogP contribution is 2.53. The molecule has 0 saturated heterocycles. The number of carboxylic acid groups (broad SMARTS) is 1. The molecule has 1 saturated carbocycles. The first-order chi connectivity index (χ1) is 5.29. The smallest absolute Gasteiger partial charge is 0.310 e. The van der Waals surface area contributed by atoms with E-state index in [-0.39, 0.29) is 11.5 Å². The summed E-state index contributed by atoms with van der Waals surface area (Å²) in [5.74, 6) is -0.697. The quantitative estimate of drug-likeness (QED) is 0.623. The molecule has 0 unspecified atom stereocenters. The SMILES string of the molecule is CC(C)(C)C1(C(=O)O)CC(N)C1. The lowest BCUT2D eigenvalue weighted by Crippen LogP contribution is -2.57. The zero-order valence-corrected chi connectivity index (χ0v) is 7.92. The van der Waals surface area contributed by atoms with Gasteiger partial charge in [0.05, 0.1) is 5.41 Å². The van der Waals surface area contributed by atoms with Crippen LogP contribution in [0.25, 0.3) is 0 Å². The van der Waals surface area contributed by atoms with Crippen molar-refractivity contribution in [3.63, 3.8) is 0 Å². The minimum Gasteiger partial charge on any atom is -0.481 e. The molecule has 1 rings (SSSR count). The number of hydrogen-bond donors (Lipinski definition) is 2. The van der Waals surface area contributed by atoms with E-state index in [1.54, 1.807) is 0 Å². The van der Waals surface area contributed by atoms with Gasteiger partial charge in [0, 0.05) is 6.04 Å². The third-order valence-corrected chi connectivity index (χ3v) is 3.07. The van der Waals surface area contributed by atoms with E-state index in [0.717, 1.165) is 0 Å². The molecule has 1 aliphatic rings. The summed E-state index contributed by atoms with van der Waals surface area (Å²) < 4.78 is 0. The summed E-state index contributed by atoms with van der Waals surface area (Å²) in [7, 11) is 0. The number of aliphatic carboxylic acids is 1. The van der Waals surface area contributed by atoms with Gasteiger partial charge in [-0.05, 0) is 18.3 Å². The van der Waals surface area contributed by atoms with Gasteiger partial charge in [-0.25, -0.2) is 0 Å². The average Bonchev–Trinajstić information content (AvgIpc) is 1.76. The molecular weight excluding hydrogens is 154 g/mol. The van der Waals surface area contributed by atoms with E-state index in [1.165, 1.54) is 0 Å². The van der Waals surface area contributed by atoms with Crippen LogP contribution in [0, 0.1) is 10.8 Å². The Morgan fingerprint density at radius 1 is 1.50 bits per heavy atom. The van der Waals surface area contributed by atoms with Crippen molar-refractivity contribution in [3.8, 4) is 0 Å². The van der Waals surface area contributed by atoms with Gasteiger partial charge in [-0.3, -0.25) is 4.79 Å². The van der Waals surface area contributed by atoms with Crippen molar-refractivity contribution < 1.29 is 9.90 Å². The molecule has 3 heteroatoms. The summed E-state index contributed by atoms with van der Waals surface area (Å²) in [4.78, 5) is 11.0. The lowest BCUT2D eigenvalue weighted by atomic mass is 9.53. The topological polar surface area (TPSA) is 63.3 Å². The summed E-state index contributed by atoms with van der Waals surface area (Å²) >= 11 is 0. The van der Waals surface area contributed by atoms with Crippen LogP contribution in [0.3, 0.4) is 0 Å². The van der Waals surface area contributed by atoms with E-state index in [2.05, 4.69) is 0 Å². The number of carbonyl (C=O) groups is 1. The van der Waals surface area contributed by atoms with Crippen molar-refractivity contribution >= 4 is 5.97 Å². The molecule has 0 amide bonds. The number of hydrogen-bond acceptors (Lipinski definition) is 2. The molecule has 0 heterocycles. The maximum atomic E-state index is 11.0. The third-order valence-electron chi connectivity index (χ3n) is 3.07. The fraction of sp³-hybridized carbons (Fsp3) is 0.889. The minimum atomic E-state index is -0.697. The normalized spacial score (nSPS) is 35.8. The molecule has 0 spiro atoms. The lowest BCUT2D eigenvalue weighted by Gasteiger charge is -2.51. The molecule has 0 radical (unpaired) electrons. The van der Waals surface area contributed by atoms with Gasteiger partial charge in [0.25, 0.3) is 0 Å². The first-order valence-electron chi connectivity index (χ1n) is 4.28. The Balaban J connectivity index is 2.84. The molecule has 0 aliphatic heterocycles. The van der Waals surface area contributed by atoms with E-state index < -0.39 is 11.4 Å². The van der Waals surface area contributed by atoms with Crippen molar-refractivity contribution in [3.05, 3.63) is 0 Å². The van der Waals surface area contributed by atoms with Crippen molar-refractivity contribution in [2.24, 2.45) is 16.6 Å². The van der Waals surface area contributed by atoms with Gasteiger partial charge in [0.15, 0.2) is 0 Å². The van der Waals surface area contributed by atoms with Crippen LogP contribution in [-0.2, 0) is 4.79 Å². The second-order valence-electron chi connectivity index (χ2n) is 4.81. The zero-order chi connectivity index (χ0) is 9.57. The highest BCUT2D eigenvalue weighted by Gasteiger charge is 2.56. The molecule has 0 bridgehead atoms. The second-order valence-corrected chi connectivity index (χ2v) is 4.81. The Labute approximate surface area is 72.9 Å². The Hall–Kier alpha value is -0.570. The van der Waals surface area contributed by atoms with Gasteiger partial charge in [0.1, 0.15) is 0 Å². The van der Waals surface area contributed by atoms with Crippen LogP contribution < -0.4 is 5.73 Å². The maximum absolute atomic E-state index is 11.0. The fourth-order valence-electron chi connectivity index (χ4n) is 1.94. The van der Waals surface area contributed by atoms with Crippen molar-refractivity contribution in [2.45, 2.75) is 39.7 Å². The predicted octanol–water partition coefficient (Wildman–Crippen LogP) is 1.22. The molecule has 0 aromatic heterocycles. The number of nitrogens with two attached hydrogens (primary N) is 1. The number of carboxylic acids is 1. The van der Waals surface area contributed by atoms with E-state index in [0.29, 0.717) is 12.8 Å². The Morgan fingerprint density at radius 2 is 1.92 bits per heavy atom. The van der Waals surface area contributed by atoms with Crippen molar-refractivity contribution in [2.75, 3.05) is 0 Å². The molecule has 70 valence electrons. The Morgan fingerprint density at radius 3 is 2.00 bits per heavy atom. The van der Waals surface area contributed by atoms with E-state index in [1.807, 2.05) is 20.8 Å². The van der Waals surface area contributed by atoms with Gasteiger partial charge < -0.3 is 10.8 Å². The number of rotatable bonds is 1. The fourth-order valence-corrected chi connectivity index (χ4v) is 1.94. The van der Waals surface area contributed by atoms with Gasteiger partial charge in [-0.2, -0.15) is 0 Å². The summed E-state index contributed by atoms with van der Waals surface area (Å²) in [5, 5.41) is 9.08. The summed E-state index contributed by atoms with van der Waals surface area (Å²) in [6.07, 6.45) is 1.23. The molecule has 12 heavy (non-hydrogen) atoms. The van der Waals surface area contributed by atoms with E-state index in [9.17, 15) is 4.79 Å². The minimum absolute atomic E-state index is 0.0836. The molecule has 0 aromatic carbocycles. The molecule has 1 fully saturated rings. The predicted molar refractivity (Wildman–Crippen MR) is 46.7 cm³/mol. The monoisotopic (exact) mass is 171 g/mol. The van der Waals surface area contributed by atoms with Crippen LogP contribution in [0.15, 0.2) is 0 Å². The molecule has 0 atom stereocenters. The molecule has 1 aliphatic carbocycles. The largest absolute Gasteiger partial charge is 0.481 e. The Bertz CT molecular complexity index is 199. The van der Waals surface area contributed by atoms with Crippen molar-refractivity contribution in [1.82, 2.24) is 0 Å². The van der Waals surface area contributed by atoms with Gasteiger partial charge >= 0.3 is 5.97 Å². The van der Waals surface area contributed by atoms with Crippen LogP contribution in [0.5, 0.6) is 0 Å². The zero-order valence-electron chi connectivity index (χ0n) is 7.92.